The van der Waals surface area contributed by atoms with Gasteiger partial charge in [-0.1, -0.05) is 12.1 Å². The first-order valence-electron chi connectivity index (χ1n) is 5.68. The number of thiazole rings is 1. The van der Waals surface area contributed by atoms with Crippen molar-refractivity contribution < 1.29 is 13.2 Å². The Hall–Kier alpha value is -1.40. The molecule has 0 aliphatic carbocycles. The van der Waals surface area contributed by atoms with Gasteiger partial charge in [0.1, 0.15) is 0 Å². The van der Waals surface area contributed by atoms with Crippen LogP contribution < -0.4 is 5.32 Å². The SMILES string of the molecule is CNC(c1cccc(C(F)(F)F)c1)c1cnc(C)s1. The molecule has 0 saturated heterocycles. The Morgan fingerprint density at radius 2 is 2.05 bits per heavy atom. The Kier molecular flexibility index (Phi) is 3.91. The van der Waals surface area contributed by atoms with Crippen LogP contribution in [0.5, 0.6) is 0 Å². The molecule has 0 amide bonds. The van der Waals surface area contributed by atoms with Gasteiger partial charge in [-0.25, -0.2) is 4.98 Å². The third-order valence-corrected chi connectivity index (χ3v) is 3.74. The largest absolute Gasteiger partial charge is 0.416 e. The van der Waals surface area contributed by atoms with Gasteiger partial charge in [0.2, 0.25) is 0 Å². The van der Waals surface area contributed by atoms with Gasteiger partial charge in [0.05, 0.1) is 16.6 Å². The fourth-order valence-corrected chi connectivity index (χ4v) is 2.80. The van der Waals surface area contributed by atoms with E-state index in [1.54, 1.807) is 19.3 Å². The van der Waals surface area contributed by atoms with Crippen LogP contribution in [0.3, 0.4) is 0 Å². The lowest BCUT2D eigenvalue weighted by Crippen LogP contribution is -2.17. The van der Waals surface area contributed by atoms with Crippen molar-refractivity contribution in [2.75, 3.05) is 7.05 Å². The first kappa shape index (κ1) is 14.0. The molecule has 0 radical (unpaired) electrons. The van der Waals surface area contributed by atoms with E-state index in [1.807, 2.05) is 6.92 Å². The van der Waals surface area contributed by atoms with Crippen molar-refractivity contribution >= 4 is 11.3 Å². The molecule has 2 nitrogen and oxygen atoms in total. The van der Waals surface area contributed by atoms with Crippen LogP contribution >= 0.6 is 11.3 Å². The number of aryl methyl sites for hydroxylation is 1. The number of nitrogens with zero attached hydrogens (tertiary/aromatic N) is 1. The van der Waals surface area contributed by atoms with Gasteiger partial charge in [-0.3, -0.25) is 0 Å². The summed E-state index contributed by atoms with van der Waals surface area (Å²) in [5, 5.41) is 3.92. The summed E-state index contributed by atoms with van der Waals surface area (Å²) in [4.78, 5) is 5.04. The Balaban J connectivity index is 2.39. The average Bonchev–Trinajstić information content (AvgIpc) is 2.76. The Labute approximate surface area is 113 Å². The van der Waals surface area contributed by atoms with E-state index in [4.69, 9.17) is 0 Å². The molecule has 0 saturated carbocycles. The molecule has 0 fully saturated rings. The van der Waals surface area contributed by atoms with E-state index in [1.165, 1.54) is 23.5 Å². The number of nitrogens with one attached hydrogen (secondary N) is 1. The summed E-state index contributed by atoms with van der Waals surface area (Å²) in [7, 11) is 1.72. The zero-order chi connectivity index (χ0) is 14.0. The van der Waals surface area contributed by atoms with Gasteiger partial charge in [0.15, 0.2) is 0 Å². The molecule has 1 atom stereocenters. The molecule has 1 heterocycles. The van der Waals surface area contributed by atoms with E-state index in [2.05, 4.69) is 10.3 Å². The molecule has 1 N–H and O–H groups in total. The van der Waals surface area contributed by atoms with E-state index in [0.29, 0.717) is 5.56 Å². The lowest BCUT2D eigenvalue weighted by Gasteiger charge is -2.16. The van der Waals surface area contributed by atoms with Crippen LogP contribution in [0.1, 0.15) is 27.1 Å². The summed E-state index contributed by atoms with van der Waals surface area (Å²) in [5.74, 6) is 0. The van der Waals surface area contributed by atoms with E-state index in [-0.39, 0.29) is 6.04 Å². The first-order chi connectivity index (χ1) is 8.91. The van der Waals surface area contributed by atoms with E-state index in [0.717, 1.165) is 16.0 Å². The van der Waals surface area contributed by atoms with Gasteiger partial charge in [-0.05, 0) is 31.7 Å². The quantitative estimate of drug-likeness (QED) is 0.929. The Morgan fingerprint density at radius 1 is 1.32 bits per heavy atom. The molecule has 0 bridgehead atoms. The second-order valence-electron chi connectivity index (χ2n) is 4.13. The highest BCUT2D eigenvalue weighted by molar-refractivity contribution is 7.11. The highest BCUT2D eigenvalue weighted by Gasteiger charge is 2.31. The van der Waals surface area contributed by atoms with Crippen molar-refractivity contribution in [1.82, 2.24) is 10.3 Å². The number of halogens is 3. The molecule has 1 aromatic carbocycles. The van der Waals surface area contributed by atoms with Crippen LogP contribution in [0.25, 0.3) is 0 Å². The maximum Gasteiger partial charge on any atom is 0.416 e. The van der Waals surface area contributed by atoms with Gasteiger partial charge in [-0.15, -0.1) is 11.3 Å². The van der Waals surface area contributed by atoms with Gasteiger partial charge in [-0.2, -0.15) is 13.2 Å². The van der Waals surface area contributed by atoms with Crippen LogP contribution in [-0.2, 0) is 6.18 Å². The third kappa shape index (κ3) is 3.13. The van der Waals surface area contributed by atoms with Crippen molar-refractivity contribution in [2.24, 2.45) is 0 Å². The molecule has 19 heavy (non-hydrogen) atoms. The zero-order valence-corrected chi connectivity index (χ0v) is 11.3. The predicted octanol–water partition coefficient (Wildman–Crippen LogP) is 3.78. The lowest BCUT2D eigenvalue weighted by atomic mass is 10.0. The maximum atomic E-state index is 12.7. The smallest absolute Gasteiger partial charge is 0.309 e. The van der Waals surface area contributed by atoms with Crippen molar-refractivity contribution in [2.45, 2.75) is 19.1 Å². The summed E-state index contributed by atoms with van der Waals surface area (Å²) < 4.78 is 38.1. The maximum absolute atomic E-state index is 12.7. The van der Waals surface area contributed by atoms with Crippen LogP contribution in [0.2, 0.25) is 0 Å². The normalized spacial score (nSPS) is 13.5. The second-order valence-corrected chi connectivity index (χ2v) is 5.39. The van der Waals surface area contributed by atoms with E-state index in [9.17, 15) is 13.2 Å². The molecule has 2 rings (SSSR count). The zero-order valence-electron chi connectivity index (χ0n) is 10.5. The van der Waals surface area contributed by atoms with Gasteiger partial charge in [0, 0.05) is 11.1 Å². The highest BCUT2D eigenvalue weighted by atomic mass is 32.1. The number of aromatic nitrogens is 1. The summed E-state index contributed by atoms with van der Waals surface area (Å²) in [6.07, 6.45) is -2.63. The summed E-state index contributed by atoms with van der Waals surface area (Å²) in [6, 6.07) is 5.10. The van der Waals surface area contributed by atoms with Crippen LogP contribution in [-0.4, -0.2) is 12.0 Å². The Morgan fingerprint density at radius 3 is 2.58 bits per heavy atom. The summed E-state index contributed by atoms with van der Waals surface area (Å²) in [5.41, 5.74) is -0.0486. The molecule has 0 aliphatic rings. The number of hydrogen-bond acceptors (Lipinski definition) is 3. The molecule has 2 aromatic rings. The minimum atomic E-state index is -4.32. The summed E-state index contributed by atoms with van der Waals surface area (Å²) in [6.45, 7) is 1.87. The minimum absolute atomic E-state index is 0.270. The van der Waals surface area contributed by atoms with Gasteiger partial charge >= 0.3 is 6.18 Å². The monoisotopic (exact) mass is 286 g/mol. The molecule has 0 spiro atoms. The van der Waals surface area contributed by atoms with Crippen molar-refractivity contribution in [3.8, 4) is 0 Å². The average molecular weight is 286 g/mol. The number of benzene rings is 1. The van der Waals surface area contributed by atoms with Crippen LogP contribution in [0.15, 0.2) is 30.5 Å². The lowest BCUT2D eigenvalue weighted by molar-refractivity contribution is -0.137. The number of hydrogen-bond donors (Lipinski definition) is 1. The summed E-state index contributed by atoms with van der Waals surface area (Å²) >= 11 is 1.47. The number of alkyl halides is 3. The molecular weight excluding hydrogens is 273 g/mol. The topological polar surface area (TPSA) is 24.9 Å². The van der Waals surface area contributed by atoms with E-state index >= 15 is 0 Å². The molecule has 102 valence electrons. The molecular formula is C13H13F3N2S. The van der Waals surface area contributed by atoms with Crippen molar-refractivity contribution in [1.29, 1.82) is 0 Å². The predicted molar refractivity (Wildman–Crippen MR) is 69.2 cm³/mol. The highest BCUT2D eigenvalue weighted by Crippen LogP contribution is 2.33. The molecule has 0 aliphatic heterocycles. The fourth-order valence-electron chi connectivity index (χ4n) is 1.88. The van der Waals surface area contributed by atoms with Crippen molar-refractivity contribution in [3.63, 3.8) is 0 Å². The molecule has 6 heteroatoms. The molecule has 1 aromatic heterocycles. The van der Waals surface area contributed by atoms with Gasteiger partial charge in [0.25, 0.3) is 0 Å². The minimum Gasteiger partial charge on any atom is -0.309 e. The van der Waals surface area contributed by atoms with E-state index < -0.39 is 11.7 Å². The third-order valence-electron chi connectivity index (χ3n) is 2.76. The van der Waals surface area contributed by atoms with Crippen molar-refractivity contribution in [3.05, 3.63) is 51.5 Å². The van der Waals surface area contributed by atoms with Gasteiger partial charge < -0.3 is 5.32 Å². The van der Waals surface area contributed by atoms with Crippen LogP contribution in [0.4, 0.5) is 13.2 Å². The van der Waals surface area contributed by atoms with Crippen LogP contribution in [0, 0.1) is 6.92 Å². The standard InChI is InChI=1S/C13H13F3N2S/c1-8-18-7-11(19-8)12(17-2)9-4-3-5-10(6-9)13(14,15)16/h3-7,12,17H,1-2H3. The molecule has 1 unspecified atom stereocenters. The number of rotatable bonds is 3. The second kappa shape index (κ2) is 5.30. The Bertz CT molecular complexity index is 563. The first-order valence-corrected chi connectivity index (χ1v) is 6.50. The fraction of sp³-hybridized carbons (Fsp3) is 0.308.